The van der Waals surface area contributed by atoms with Crippen molar-refractivity contribution in [3.8, 4) is 0 Å². The van der Waals surface area contributed by atoms with Crippen molar-refractivity contribution in [3.63, 3.8) is 0 Å². The molecule has 0 rings (SSSR count). The average molecular weight is 118 g/mol. The molecule has 0 aromatic heterocycles. The maximum atomic E-state index is 5.31. The Morgan fingerprint density at radius 1 is 1.38 bits per heavy atom. The first kappa shape index (κ1) is 7.88. The third kappa shape index (κ3) is 2.96. The van der Waals surface area contributed by atoms with Gasteiger partial charge in [0.1, 0.15) is 0 Å². The zero-order chi connectivity index (χ0) is 6.41. The summed E-state index contributed by atoms with van der Waals surface area (Å²) >= 11 is 0. The van der Waals surface area contributed by atoms with Gasteiger partial charge < -0.3 is 16.2 Å². The van der Waals surface area contributed by atoms with Crippen LogP contribution in [0.15, 0.2) is 0 Å². The minimum Gasteiger partial charge on any atom is -0.384 e. The highest BCUT2D eigenvalue weighted by molar-refractivity contribution is 4.57. The number of rotatable bonds is 4. The highest BCUT2D eigenvalue weighted by Gasteiger charge is 2.00. The van der Waals surface area contributed by atoms with Gasteiger partial charge in [0.2, 0.25) is 0 Å². The van der Waals surface area contributed by atoms with E-state index in [0.29, 0.717) is 25.6 Å². The Morgan fingerprint density at radius 3 is 2.00 bits per heavy atom. The Hall–Kier alpha value is -0.120. The second kappa shape index (κ2) is 5.03. The Balaban J connectivity index is 3.07. The van der Waals surface area contributed by atoms with Gasteiger partial charge in [0, 0.05) is 13.0 Å². The minimum absolute atomic E-state index is 0.333. The molecule has 0 aromatic rings. The number of hydrogen-bond acceptors (Lipinski definition) is 3. The Bertz CT molecular complexity index is 45.7. The molecule has 0 spiro atoms. The fourth-order valence-electron chi connectivity index (χ4n) is 0.468. The van der Waals surface area contributed by atoms with Crippen molar-refractivity contribution in [3.05, 3.63) is 0 Å². The van der Waals surface area contributed by atoms with Gasteiger partial charge in [0.05, 0.1) is 6.61 Å². The molecule has 8 heavy (non-hydrogen) atoms. The lowest BCUT2D eigenvalue weighted by Crippen LogP contribution is -2.26. The van der Waals surface area contributed by atoms with Gasteiger partial charge >= 0.3 is 0 Å². The summed E-state index contributed by atoms with van der Waals surface area (Å²) < 4.78 is 4.83. The van der Waals surface area contributed by atoms with Crippen LogP contribution in [0, 0.1) is 5.92 Å². The molecule has 0 aliphatic rings. The molecular weight excluding hydrogens is 104 g/mol. The van der Waals surface area contributed by atoms with E-state index >= 15 is 0 Å². The Labute approximate surface area is 50.0 Å². The summed E-state index contributed by atoms with van der Waals surface area (Å²) in [4.78, 5) is 0. The molecule has 50 valence electrons. The van der Waals surface area contributed by atoms with Gasteiger partial charge in [0.25, 0.3) is 0 Å². The van der Waals surface area contributed by atoms with Gasteiger partial charge in [-0.3, -0.25) is 0 Å². The standard InChI is InChI=1S/C5H14N2O/c1-8-4-5(2-6)3-7/h5H,2-4,6-7H2,1H3. The summed E-state index contributed by atoms with van der Waals surface area (Å²) in [5.74, 6) is 0.333. The van der Waals surface area contributed by atoms with E-state index < -0.39 is 0 Å². The molecular formula is C5H14N2O. The maximum Gasteiger partial charge on any atom is 0.0514 e. The van der Waals surface area contributed by atoms with Crippen molar-refractivity contribution in [2.45, 2.75) is 0 Å². The van der Waals surface area contributed by atoms with Crippen molar-refractivity contribution < 1.29 is 4.74 Å². The average Bonchev–Trinajstić information content (AvgIpc) is 1.83. The molecule has 0 aliphatic carbocycles. The van der Waals surface area contributed by atoms with Crippen LogP contribution in [-0.2, 0) is 4.74 Å². The molecule has 0 unspecified atom stereocenters. The summed E-state index contributed by atoms with van der Waals surface area (Å²) in [5, 5.41) is 0. The predicted octanol–water partition coefficient (Wildman–Crippen LogP) is -0.834. The molecule has 0 saturated heterocycles. The first-order valence-electron chi connectivity index (χ1n) is 2.74. The molecule has 0 radical (unpaired) electrons. The molecule has 0 fully saturated rings. The van der Waals surface area contributed by atoms with Crippen molar-refractivity contribution in [1.82, 2.24) is 0 Å². The monoisotopic (exact) mass is 118 g/mol. The largest absolute Gasteiger partial charge is 0.384 e. The third-order valence-corrected chi connectivity index (χ3v) is 1.07. The summed E-state index contributed by atoms with van der Waals surface area (Å²) in [6.07, 6.45) is 0. The number of ether oxygens (including phenoxy) is 1. The molecule has 0 atom stereocenters. The summed E-state index contributed by atoms with van der Waals surface area (Å²) in [7, 11) is 1.65. The minimum atomic E-state index is 0.333. The van der Waals surface area contributed by atoms with E-state index in [0.717, 1.165) is 0 Å². The zero-order valence-corrected chi connectivity index (χ0v) is 5.26. The van der Waals surface area contributed by atoms with Crippen LogP contribution in [-0.4, -0.2) is 26.8 Å². The van der Waals surface area contributed by atoms with Crippen LogP contribution in [0.4, 0.5) is 0 Å². The lowest BCUT2D eigenvalue weighted by molar-refractivity contribution is 0.158. The van der Waals surface area contributed by atoms with Gasteiger partial charge in [-0.2, -0.15) is 0 Å². The zero-order valence-electron chi connectivity index (χ0n) is 5.26. The first-order chi connectivity index (χ1) is 3.85. The van der Waals surface area contributed by atoms with Gasteiger partial charge in [0.15, 0.2) is 0 Å². The van der Waals surface area contributed by atoms with E-state index in [4.69, 9.17) is 16.2 Å². The van der Waals surface area contributed by atoms with Crippen molar-refractivity contribution in [2.75, 3.05) is 26.8 Å². The smallest absolute Gasteiger partial charge is 0.0514 e. The molecule has 4 N–H and O–H groups in total. The molecule has 0 saturated carbocycles. The molecule has 0 aromatic carbocycles. The Morgan fingerprint density at radius 2 is 1.88 bits per heavy atom. The van der Waals surface area contributed by atoms with Crippen molar-refractivity contribution in [2.24, 2.45) is 17.4 Å². The van der Waals surface area contributed by atoms with Gasteiger partial charge in [-0.15, -0.1) is 0 Å². The van der Waals surface area contributed by atoms with Crippen LogP contribution in [0.1, 0.15) is 0 Å². The van der Waals surface area contributed by atoms with Gasteiger partial charge in [-0.25, -0.2) is 0 Å². The highest BCUT2D eigenvalue weighted by atomic mass is 16.5. The van der Waals surface area contributed by atoms with E-state index in [9.17, 15) is 0 Å². The SMILES string of the molecule is COCC(CN)CN. The summed E-state index contributed by atoms with van der Waals surface area (Å²) in [5.41, 5.74) is 10.6. The number of nitrogens with two attached hydrogens (primary N) is 2. The predicted molar refractivity (Wildman–Crippen MR) is 33.5 cm³/mol. The van der Waals surface area contributed by atoms with Crippen LogP contribution >= 0.6 is 0 Å². The van der Waals surface area contributed by atoms with Crippen LogP contribution < -0.4 is 11.5 Å². The molecule has 3 heteroatoms. The molecule has 3 nitrogen and oxygen atoms in total. The van der Waals surface area contributed by atoms with E-state index in [-0.39, 0.29) is 0 Å². The van der Waals surface area contributed by atoms with Gasteiger partial charge in [-0.05, 0) is 13.1 Å². The Kier molecular flexibility index (Phi) is 4.95. The molecule has 0 amide bonds. The topological polar surface area (TPSA) is 61.3 Å². The lowest BCUT2D eigenvalue weighted by Gasteiger charge is -2.08. The van der Waals surface area contributed by atoms with E-state index in [2.05, 4.69) is 0 Å². The fourth-order valence-corrected chi connectivity index (χ4v) is 0.468. The van der Waals surface area contributed by atoms with E-state index in [1.807, 2.05) is 0 Å². The third-order valence-electron chi connectivity index (χ3n) is 1.07. The van der Waals surface area contributed by atoms with E-state index in [1.54, 1.807) is 7.11 Å². The fraction of sp³-hybridized carbons (Fsp3) is 1.00. The summed E-state index contributed by atoms with van der Waals surface area (Å²) in [6.45, 7) is 1.90. The van der Waals surface area contributed by atoms with Gasteiger partial charge in [-0.1, -0.05) is 0 Å². The van der Waals surface area contributed by atoms with E-state index in [1.165, 1.54) is 0 Å². The van der Waals surface area contributed by atoms with Crippen molar-refractivity contribution in [1.29, 1.82) is 0 Å². The van der Waals surface area contributed by atoms with Crippen LogP contribution in [0.3, 0.4) is 0 Å². The van der Waals surface area contributed by atoms with Crippen LogP contribution in [0.5, 0.6) is 0 Å². The first-order valence-corrected chi connectivity index (χ1v) is 2.74. The van der Waals surface area contributed by atoms with Crippen molar-refractivity contribution >= 4 is 0 Å². The quantitative estimate of drug-likeness (QED) is 0.506. The second-order valence-corrected chi connectivity index (χ2v) is 1.79. The molecule has 0 bridgehead atoms. The maximum absolute atomic E-state index is 5.31. The highest BCUT2D eigenvalue weighted by Crippen LogP contribution is 1.88. The number of hydrogen-bond donors (Lipinski definition) is 2. The lowest BCUT2D eigenvalue weighted by atomic mass is 10.2. The summed E-state index contributed by atoms with van der Waals surface area (Å²) in [6, 6.07) is 0. The molecule has 0 aliphatic heterocycles. The van der Waals surface area contributed by atoms with Crippen LogP contribution in [0.2, 0.25) is 0 Å². The molecule has 0 heterocycles. The second-order valence-electron chi connectivity index (χ2n) is 1.79. The normalized spacial score (nSPS) is 10.5. The van der Waals surface area contributed by atoms with Crippen LogP contribution in [0.25, 0.3) is 0 Å². The number of methoxy groups -OCH3 is 1.